The fourth-order valence-electron chi connectivity index (χ4n) is 3.19. The SMILES string of the molecule is CC[C@H](C)NC(=O)[C@H](CC)N(Cc1ccc(C)cc1)C(=O)COc1ccc(Br)c(C)c1. The molecule has 0 spiro atoms. The molecule has 168 valence electrons. The van der Waals surface area contributed by atoms with Crippen molar-refractivity contribution < 1.29 is 14.3 Å². The van der Waals surface area contributed by atoms with E-state index in [0.717, 1.165) is 27.6 Å². The van der Waals surface area contributed by atoms with Crippen LogP contribution in [0.1, 0.15) is 50.3 Å². The molecule has 1 N–H and O–H groups in total. The normalized spacial score (nSPS) is 12.7. The molecule has 6 heteroatoms. The van der Waals surface area contributed by atoms with Gasteiger partial charge >= 0.3 is 0 Å². The van der Waals surface area contributed by atoms with Crippen LogP contribution in [0.2, 0.25) is 0 Å². The Bertz CT molecular complexity index is 883. The number of aryl methyl sites for hydroxylation is 2. The molecule has 2 aromatic rings. The molecular weight excluding hydrogens is 456 g/mol. The molecule has 5 nitrogen and oxygen atoms in total. The number of rotatable bonds is 10. The van der Waals surface area contributed by atoms with Crippen LogP contribution in [0.5, 0.6) is 5.75 Å². The van der Waals surface area contributed by atoms with Crippen molar-refractivity contribution in [2.24, 2.45) is 0 Å². The largest absolute Gasteiger partial charge is 0.484 e. The van der Waals surface area contributed by atoms with E-state index in [1.54, 1.807) is 4.90 Å². The van der Waals surface area contributed by atoms with Crippen LogP contribution in [0.15, 0.2) is 46.9 Å². The smallest absolute Gasteiger partial charge is 0.261 e. The second kappa shape index (κ2) is 11.9. The van der Waals surface area contributed by atoms with Crippen molar-refractivity contribution in [1.82, 2.24) is 10.2 Å². The number of hydrogen-bond acceptors (Lipinski definition) is 3. The van der Waals surface area contributed by atoms with E-state index in [1.165, 1.54) is 0 Å². The van der Waals surface area contributed by atoms with Gasteiger partial charge in [-0.1, -0.05) is 59.6 Å². The summed E-state index contributed by atoms with van der Waals surface area (Å²) in [5, 5.41) is 3.02. The van der Waals surface area contributed by atoms with Gasteiger partial charge in [-0.3, -0.25) is 9.59 Å². The van der Waals surface area contributed by atoms with Crippen molar-refractivity contribution in [3.63, 3.8) is 0 Å². The molecule has 2 atom stereocenters. The second-order valence-corrected chi connectivity index (χ2v) is 8.80. The molecule has 0 heterocycles. The van der Waals surface area contributed by atoms with Crippen LogP contribution in [0.25, 0.3) is 0 Å². The van der Waals surface area contributed by atoms with Crippen molar-refractivity contribution in [3.8, 4) is 5.75 Å². The summed E-state index contributed by atoms with van der Waals surface area (Å²) in [5.41, 5.74) is 3.16. The molecular formula is C25H33BrN2O3. The Morgan fingerprint density at radius 2 is 1.74 bits per heavy atom. The molecule has 31 heavy (non-hydrogen) atoms. The minimum atomic E-state index is -0.557. The van der Waals surface area contributed by atoms with Crippen molar-refractivity contribution in [2.75, 3.05) is 6.61 Å². The van der Waals surface area contributed by atoms with Crippen LogP contribution in [0.4, 0.5) is 0 Å². The number of nitrogens with zero attached hydrogens (tertiary/aromatic N) is 1. The summed E-state index contributed by atoms with van der Waals surface area (Å²) in [5.74, 6) is 0.283. The molecule has 2 aromatic carbocycles. The van der Waals surface area contributed by atoms with Gasteiger partial charge in [-0.05, 0) is 62.9 Å². The van der Waals surface area contributed by atoms with Gasteiger partial charge in [0.1, 0.15) is 11.8 Å². The highest BCUT2D eigenvalue weighted by Gasteiger charge is 2.29. The van der Waals surface area contributed by atoms with E-state index < -0.39 is 6.04 Å². The molecule has 2 rings (SSSR count). The minimum Gasteiger partial charge on any atom is -0.484 e. The predicted molar refractivity (Wildman–Crippen MR) is 128 cm³/mol. The first-order valence-corrected chi connectivity index (χ1v) is 11.6. The van der Waals surface area contributed by atoms with Crippen molar-refractivity contribution in [1.29, 1.82) is 0 Å². The van der Waals surface area contributed by atoms with Gasteiger partial charge in [-0.25, -0.2) is 0 Å². The van der Waals surface area contributed by atoms with Gasteiger partial charge in [-0.15, -0.1) is 0 Å². The van der Waals surface area contributed by atoms with Gasteiger partial charge < -0.3 is 15.0 Å². The van der Waals surface area contributed by atoms with Crippen LogP contribution >= 0.6 is 15.9 Å². The van der Waals surface area contributed by atoms with Crippen LogP contribution in [0.3, 0.4) is 0 Å². The highest BCUT2D eigenvalue weighted by molar-refractivity contribution is 9.10. The van der Waals surface area contributed by atoms with E-state index in [2.05, 4.69) is 21.2 Å². The van der Waals surface area contributed by atoms with Gasteiger partial charge in [0.05, 0.1) is 0 Å². The summed E-state index contributed by atoms with van der Waals surface area (Å²) in [6, 6.07) is 13.1. The highest BCUT2D eigenvalue weighted by atomic mass is 79.9. The average molecular weight is 489 g/mol. The third-order valence-electron chi connectivity index (χ3n) is 5.35. The third kappa shape index (κ3) is 7.39. The Labute approximate surface area is 194 Å². The van der Waals surface area contributed by atoms with Crippen molar-refractivity contribution >= 4 is 27.7 Å². The van der Waals surface area contributed by atoms with Crippen LogP contribution in [-0.2, 0) is 16.1 Å². The monoisotopic (exact) mass is 488 g/mol. The maximum atomic E-state index is 13.2. The lowest BCUT2D eigenvalue weighted by Gasteiger charge is -2.31. The minimum absolute atomic E-state index is 0.0554. The summed E-state index contributed by atoms with van der Waals surface area (Å²) in [4.78, 5) is 27.8. The molecule has 0 fully saturated rings. The molecule has 0 saturated carbocycles. The van der Waals surface area contributed by atoms with Gasteiger partial charge in [0.2, 0.25) is 5.91 Å². The topological polar surface area (TPSA) is 58.6 Å². The molecule has 0 aliphatic heterocycles. The van der Waals surface area contributed by atoms with Crippen molar-refractivity contribution in [3.05, 3.63) is 63.6 Å². The first-order valence-electron chi connectivity index (χ1n) is 10.8. The number of nitrogens with one attached hydrogen (secondary N) is 1. The number of ether oxygens (including phenoxy) is 1. The zero-order valence-corrected chi connectivity index (χ0v) is 20.7. The molecule has 2 amide bonds. The average Bonchev–Trinajstić information content (AvgIpc) is 2.75. The Morgan fingerprint density at radius 1 is 1.06 bits per heavy atom. The molecule has 0 aromatic heterocycles. The molecule has 0 bridgehead atoms. The quantitative estimate of drug-likeness (QED) is 0.501. The van der Waals surface area contributed by atoms with E-state index in [0.29, 0.717) is 18.7 Å². The lowest BCUT2D eigenvalue weighted by atomic mass is 10.1. The molecule has 0 unspecified atom stereocenters. The number of carbonyl (C=O) groups is 2. The van der Waals surface area contributed by atoms with E-state index in [9.17, 15) is 9.59 Å². The number of benzene rings is 2. The van der Waals surface area contributed by atoms with Crippen LogP contribution < -0.4 is 10.1 Å². The van der Waals surface area contributed by atoms with Crippen molar-refractivity contribution in [2.45, 2.75) is 66.1 Å². The predicted octanol–water partition coefficient (Wildman–Crippen LogP) is 5.17. The van der Waals surface area contributed by atoms with Gasteiger partial charge in [0.15, 0.2) is 6.61 Å². The first-order chi connectivity index (χ1) is 14.7. The molecule has 0 aliphatic rings. The van der Waals surface area contributed by atoms with Gasteiger partial charge in [-0.2, -0.15) is 0 Å². The lowest BCUT2D eigenvalue weighted by molar-refractivity contribution is -0.143. The Morgan fingerprint density at radius 3 is 2.32 bits per heavy atom. The summed E-state index contributed by atoms with van der Waals surface area (Å²) < 4.78 is 6.76. The maximum Gasteiger partial charge on any atom is 0.261 e. The molecule has 0 saturated heterocycles. The highest BCUT2D eigenvalue weighted by Crippen LogP contribution is 2.22. The first kappa shape index (κ1) is 24.9. The summed E-state index contributed by atoms with van der Waals surface area (Å²) in [6.45, 7) is 10.1. The van der Waals surface area contributed by atoms with E-state index >= 15 is 0 Å². The lowest BCUT2D eigenvalue weighted by Crippen LogP contribution is -2.51. The molecule has 0 radical (unpaired) electrons. The van der Waals surface area contributed by atoms with E-state index in [4.69, 9.17) is 4.74 Å². The van der Waals surface area contributed by atoms with Crippen LogP contribution in [0, 0.1) is 13.8 Å². The van der Waals surface area contributed by atoms with Gasteiger partial charge in [0.25, 0.3) is 5.91 Å². The summed E-state index contributed by atoms with van der Waals surface area (Å²) in [6.07, 6.45) is 1.36. The zero-order chi connectivity index (χ0) is 23.0. The second-order valence-electron chi connectivity index (χ2n) is 7.95. The van der Waals surface area contributed by atoms with E-state index in [-0.39, 0.29) is 24.5 Å². The Balaban J connectivity index is 2.21. The van der Waals surface area contributed by atoms with Crippen LogP contribution in [-0.4, -0.2) is 35.4 Å². The Kier molecular flexibility index (Phi) is 9.56. The standard InChI is InChI=1S/C25H33BrN2O3/c1-6-19(5)27-25(30)23(7-2)28(15-20-10-8-17(3)9-11-20)24(29)16-31-21-12-13-22(26)18(4)14-21/h8-14,19,23H,6-7,15-16H2,1-5H3,(H,27,30)/t19-,23-/m0/s1. The number of amides is 2. The Hall–Kier alpha value is -2.34. The zero-order valence-electron chi connectivity index (χ0n) is 19.1. The maximum absolute atomic E-state index is 13.2. The summed E-state index contributed by atoms with van der Waals surface area (Å²) in [7, 11) is 0. The fraction of sp³-hybridized carbons (Fsp3) is 0.440. The number of carbonyl (C=O) groups excluding carboxylic acids is 2. The fourth-order valence-corrected chi connectivity index (χ4v) is 3.43. The third-order valence-corrected chi connectivity index (χ3v) is 6.24. The molecule has 0 aliphatic carbocycles. The van der Waals surface area contributed by atoms with Gasteiger partial charge in [0, 0.05) is 17.1 Å². The number of hydrogen-bond donors (Lipinski definition) is 1. The van der Waals surface area contributed by atoms with E-state index in [1.807, 2.05) is 77.1 Å². The number of halogens is 1. The summed E-state index contributed by atoms with van der Waals surface area (Å²) >= 11 is 3.47.